The fraction of sp³-hybridized carbons (Fsp3) is 0.444. The third kappa shape index (κ3) is 1.95. The summed E-state index contributed by atoms with van der Waals surface area (Å²) in [6.07, 6.45) is 0.809. The zero-order chi connectivity index (χ0) is 15.6. The molecule has 0 saturated carbocycles. The molecule has 3 nitrogen and oxygen atoms in total. The number of carbonyl (C=O) groups excluding carboxylic acids is 2. The maximum Gasteiger partial charge on any atom is 0.184 e. The van der Waals surface area contributed by atoms with Crippen LogP contribution >= 0.6 is 0 Å². The lowest BCUT2D eigenvalue weighted by molar-refractivity contribution is 0.0760. The molecule has 3 rings (SSSR count). The van der Waals surface area contributed by atoms with Gasteiger partial charge in [-0.05, 0) is 42.5 Å². The summed E-state index contributed by atoms with van der Waals surface area (Å²) in [6.45, 7) is 9.93. The molecule has 1 N–H and O–H groups in total. The first-order valence-corrected chi connectivity index (χ1v) is 7.35. The number of carbonyl (C=O) groups is 2. The van der Waals surface area contributed by atoms with Gasteiger partial charge in [0.1, 0.15) is 0 Å². The Morgan fingerprint density at radius 2 is 1.81 bits per heavy atom. The van der Waals surface area contributed by atoms with Gasteiger partial charge >= 0.3 is 0 Å². The van der Waals surface area contributed by atoms with E-state index in [1.807, 2.05) is 32.0 Å². The van der Waals surface area contributed by atoms with Crippen LogP contribution in [-0.2, 0) is 5.41 Å². The van der Waals surface area contributed by atoms with E-state index >= 15 is 0 Å². The van der Waals surface area contributed by atoms with Crippen LogP contribution in [0.5, 0.6) is 0 Å². The molecule has 1 aromatic carbocycles. The first kappa shape index (κ1) is 14.1. The number of fused-ring (bicyclic) bond motifs is 3. The minimum absolute atomic E-state index is 0.0483. The van der Waals surface area contributed by atoms with Gasteiger partial charge in [0.25, 0.3) is 0 Å². The Balaban J connectivity index is 2.36. The van der Waals surface area contributed by atoms with Crippen LogP contribution in [0.25, 0.3) is 10.9 Å². The third-order valence-corrected chi connectivity index (χ3v) is 4.61. The van der Waals surface area contributed by atoms with E-state index in [1.54, 1.807) is 6.92 Å². The van der Waals surface area contributed by atoms with Gasteiger partial charge in [-0.1, -0.05) is 27.7 Å². The minimum Gasteiger partial charge on any atom is -0.352 e. The Bertz CT molecular complexity index is 778. The highest BCUT2D eigenvalue weighted by Gasteiger charge is 2.45. The van der Waals surface area contributed by atoms with E-state index in [0.717, 1.165) is 22.9 Å². The van der Waals surface area contributed by atoms with Gasteiger partial charge in [0.05, 0.1) is 5.69 Å². The third-order valence-electron chi connectivity index (χ3n) is 4.61. The Hall–Kier alpha value is -1.90. The smallest absolute Gasteiger partial charge is 0.184 e. The molecule has 0 unspecified atom stereocenters. The number of aromatic amines is 1. The van der Waals surface area contributed by atoms with Gasteiger partial charge in [-0.3, -0.25) is 9.59 Å². The van der Waals surface area contributed by atoms with Crippen LogP contribution < -0.4 is 0 Å². The molecule has 21 heavy (non-hydrogen) atoms. The second-order valence-corrected chi connectivity index (χ2v) is 7.47. The molecule has 0 spiro atoms. The van der Waals surface area contributed by atoms with Gasteiger partial charge in [-0.2, -0.15) is 0 Å². The molecule has 0 amide bonds. The van der Waals surface area contributed by atoms with Gasteiger partial charge in [-0.15, -0.1) is 0 Å². The van der Waals surface area contributed by atoms with E-state index in [2.05, 4.69) is 18.8 Å². The Morgan fingerprint density at radius 3 is 2.43 bits per heavy atom. The highest BCUT2D eigenvalue weighted by atomic mass is 16.1. The quantitative estimate of drug-likeness (QED) is 0.795. The van der Waals surface area contributed by atoms with Gasteiger partial charge in [0.2, 0.25) is 0 Å². The first-order valence-electron chi connectivity index (χ1n) is 7.35. The van der Waals surface area contributed by atoms with Crippen LogP contribution in [0, 0.1) is 5.41 Å². The highest BCUT2D eigenvalue weighted by molar-refractivity contribution is 6.08. The summed E-state index contributed by atoms with van der Waals surface area (Å²) < 4.78 is 0. The lowest BCUT2D eigenvalue weighted by Gasteiger charge is -2.39. The molecule has 1 aliphatic rings. The molecule has 0 atom stereocenters. The minimum atomic E-state index is -0.360. The number of hydrogen-bond acceptors (Lipinski definition) is 2. The monoisotopic (exact) mass is 283 g/mol. The summed E-state index contributed by atoms with van der Waals surface area (Å²) in [5, 5.41) is 1.01. The van der Waals surface area contributed by atoms with E-state index < -0.39 is 0 Å². The van der Waals surface area contributed by atoms with E-state index in [4.69, 9.17) is 0 Å². The normalized spacial score (nSPS) is 19.6. The topological polar surface area (TPSA) is 49.9 Å². The van der Waals surface area contributed by atoms with E-state index in [0.29, 0.717) is 11.3 Å². The number of benzene rings is 1. The maximum absolute atomic E-state index is 12.7. The number of nitrogens with one attached hydrogen (secondary N) is 1. The fourth-order valence-electron chi connectivity index (χ4n) is 3.90. The molecule has 1 heterocycles. The van der Waals surface area contributed by atoms with Gasteiger partial charge < -0.3 is 4.98 Å². The average molecular weight is 283 g/mol. The van der Waals surface area contributed by atoms with Crippen LogP contribution in [0.15, 0.2) is 18.2 Å². The standard InChI is InChI=1S/C18H21NO2/c1-10(20)11-6-7-13-12(8-11)14-15(19-13)16(21)18(4,5)9-17(14,2)3/h6-8,19H,9H2,1-5H3. The molecule has 0 fully saturated rings. The zero-order valence-corrected chi connectivity index (χ0v) is 13.3. The number of hydrogen-bond donors (Lipinski definition) is 1. The summed E-state index contributed by atoms with van der Waals surface area (Å²) in [5.74, 6) is 0.213. The van der Waals surface area contributed by atoms with Crippen molar-refractivity contribution in [1.82, 2.24) is 4.98 Å². The van der Waals surface area contributed by atoms with Crippen molar-refractivity contribution >= 4 is 22.5 Å². The molecular formula is C18H21NO2. The summed E-state index contributed by atoms with van der Waals surface area (Å²) in [5.41, 5.74) is 2.94. The average Bonchev–Trinajstić information content (AvgIpc) is 2.74. The molecule has 110 valence electrons. The number of rotatable bonds is 1. The molecular weight excluding hydrogens is 262 g/mol. The van der Waals surface area contributed by atoms with Crippen molar-refractivity contribution in [2.75, 3.05) is 0 Å². The molecule has 0 saturated heterocycles. The van der Waals surface area contributed by atoms with Crippen LogP contribution in [0.2, 0.25) is 0 Å². The van der Waals surface area contributed by atoms with Gasteiger partial charge in [-0.25, -0.2) is 0 Å². The SMILES string of the molecule is CC(=O)c1ccc2[nH]c3c(c2c1)C(C)(C)CC(C)(C)C3=O. The van der Waals surface area contributed by atoms with E-state index in [-0.39, 0.29) is 22.4 Å². The van der Waals surface area contributed by atoms with Crippen LogP contribution in [-0.4, -0.2) is 16.6 Å². The zero-order valence-electron chi connectivity index (χ0n) is 13.3. The molecule has 1 aliphatic carbocycles. The molecule has 3 heteroatoms. The predicted octanol–water partition coefficient (Wildman–Crippen LogP) is 4.26. The van der Waals surface area contributed by atoms with Gasteiger partial charge in [0.15, 0.2) is 11.6 Å². The van der Waals surface area contributed by atoms with E-state index in [1.165, 1.54) is 0 Å². The molecule has 2 aromatic rings. The predicted molar refractivity (Wildman–Crippen MR) is 84.1 cm³/mol. The first-order chi connectivity index (χ1) is 9.63. The maximum atomic E-state index is 12.7. The van der Waals surface area contributed by atoms with Crippen molar-refractivity contribution in [2.24, 2.45) is 5.41 Å². The number of ketones is 2. The van der Waals surface area contributed by atoms with Crippen LogP contribution in [0.1, 0.15) is 67.4 Å². The highest BCUT2D eigenvalue weighted by Crippen LogP contribution is 2.48. The largest absolute Gasteiger partial charge is 0.352 e. The van der Waals surface area contributed by atoms with Crippen LogP contribution in [0.3, 0.4) is 0 Å². The van der Waals surface area contributed by atoms with Crippen molar-refractivity contribution in [2.45, 2.75) is 46.5 Å². The van der Waals surface area contributed by atoms with Crippen molar-refractivity contribution in [1.29, 1.82) is 0 Å². The fourth-order valence-corrected chi connectivity index (χ4v) is 3.90. The lowest BCUT2D eigenvalue weighted by atomic mass is 9.63. The van der Waals surface area contributed by atoms with Crippen molar-refractivity contribution in [3.63, 3.8) is 0 Å². The lowest BCUT2D eigenvalue weighted by Crippen LogP contribution is -2.39. The van der Waals surface area contributed by atoms with Gasteiger partial charge in [0, 0.05) is 21.9 Å². The summed E-state index contributed by atoms with van der Waals surface area (Å²) in [7, 11) is 0. The molecule has 1 aromatic heterocycles. The van der Waals surface area contributed by atoms with Crippen molar-refractivity contribution in [3.8, 4) is 0 Å². The second-order valence-electron chi connectivity index (χ2n) is 7.47. The Labute approximate surface area is 124 Å². The number of Topliss-reactive ketones (excluding diaryl/α,β-unsaturated/α-hetero) is 2. The summed E-state index contributed by atoms with van der Waals surface area (Å²) >= 11 is 0. The van der Waals surface area contributed by atoms with Crippen LogP contribution in [0.4, 0.5) is 0 Å². The Kier molecular flexibility index (Phi) is 2.72. The molecule has 0 radical (unpaired) electrons. The Morgan fingerprint density at radius 1 is 1.14 bits per heavy atom. The van der Waals surface area contributed by atoms with Crippen molar-refractivity contribution < 1.29 is 9.59 Å². The number of aromatic nitrogens is 1. The van der Waals surface area contributed by atoms with Crippen molar-refractivity contribution in [3.05, 3.63) is 35.0 Å². The summed E-state index contributed by atoms with van der Waals surface area (Å²) in [6, 6.07) is 5.64. The molecule has 0 aliphatic heterocycles. The summed E-state index contributed by atoms with van der Waals surface area (Å²) in [4.78, 5) is 27.6. The van der Waals surface area contributed by atoms with E-state index in [9.17, 15) is 9.59 Å². The second kappa shape index (κ2) is 4.06. The molecule has 0 bridgehead atoms. The number of H-pyrrole nitrogens is 1.